The average molecular weight is 391 g/mol. The molecule has 0 saturated carbocycles. The smallest absolute Gasteiger partial charge is 0.444 e. The molecule has 2 amide bonds. The van der Waals surface area contributed by atoms with Gasteiger partial charge in [0.05, 0.1) is 0 Å². The second-order valence-corrected chi connectivity index (χ2v) is 5.18. The zero-order valence-corrected chi connectivity index (χ0v) is 13.0. The minimum absolute atomic E-state index is 0.0317. The van der Waals surface area contributed by atoms with Gasteiger partial charge < -0.3 is 15.1 Å². The molecule has 0 atom stereocenters. The molecule has 0 spiro atoms. The molecule has 0 saturated heterocycles. The molecule has 0 radical (unpaired) electrons. The molecular formula is C14H10BrF3N2O3. The number of furan rings is 1. The summed E-state index contributed by atoms with van der Waals surface area (Å²) >= 11 is 3.05. The summed E-state index contributed by atoms with van der Waals surface area (Å²) in [5, 5.41) is 4.27. The maximum Gasteiger partial charge on any atom is 0.471 e. The van der Waals surface area contributed by atoms with Gasteiger partial charge in [-0.15, -0.1) is 0 Å². The number of nitrogens with one attached hydrogen (secondary N) is 2. The number of benzene rings is 1. The van der Waals surface area contributed by atoms with E-state index in [4.69, 9.17) is 4.42 Å². The lowest BCUT2D eigenvalue weighted by molar-refractivity contribution is -0.167. The van der Waals surface area contributed by atoms with E-state index in [-0.39, 0.29) is 18.0 Å². The van der Waals surface area contributed by atoms with E-state index < -0.39 is 18.0 Å². The lowest BCUT2D eigenvalue weighted by atomic mass is 10.1. The Morgan fingerprint density at radius 1 is 1.13 bits per heavy atom. The standard InChI is InChI=1S/C14H10BrF3N2O3/c15-11-6-5-10(23-11)12(21)19-7-8-3-1-2-4-9(8)20-13(22)14(16,17)18/h1-6H,7H2,(H,19,21)(H,20,22). The molecule has 122 valence electrons. The van der Waals surface area contributed by atoms with Gasteiger partial charge in [-0.25, -0.2) is 0 Å². The number of para-hydroxylation sites is 1. The van der Waals surface area contributed by atoms with E-state index in [0.717, 1.165) is 0 Å². The highest BCUT2D eigenvalue weighted by molar-refractivity contribution is 9.10. The number of halogens is 4. The fourth-order valence-electron chi connectivity index (χ4n) is 1.69. The van der Waals surface area contributed by atoms with E-state index in [1.165, 1.54) is 30.3 Å². The quantitative estimate of drug-likeness (QED) is 0.839. The molecule has 0 bridgehead atoms. The van der Waals surface area contributed by atoms with Crippen molar-refractivity contribution in [1.82, 2.24) is 5.32 Å². The minimum Gasteiger partial charge on any atom is -0.444 e. The Labute approximate surface area is 137 Å². The van der Waals surface area contributed by atoms with Crippen LogP contribution in [0.25, 0.3) is 0 Å². The normalized spacial score (nSPS) is 11.1. The Kier molecular flexibility index (Phi) is 5.09. The van der Waals surface area contributed by atoms with Crippen molar-refractivity contribution in [2.45, 2.75) is 12.7 Å². The third-order valence-electron chi connectivity index (χ3n) is 2.76. The molecule has 1 aromatic carbocycles. The van der Waals surface area contributed by atoms with Crippen molar-refractivity contribution in [3.05, 3.63) is 52.4 Å². The molecule has 0 unspecified atom stereocenters. The number of alkyl halides is 3. The van der Waals surface area contributed by atoms with Crippen molar-refractivity contribution in [2.24, 2.45) is 0 Å². The number of hydrogen-bond acceptors (Lipinski definition) is 3. The van der Waals surface area contributed by atoms with E-state index in [0.29, 0.717) is 10.2 Å². The van der Waals surface area contributed by atoms with Crippen LogP contribution in [0.2, 0.25) is 0 Å². The van der Waals surface area contributed by atoms with Gasteiger partial charge >= 0.3 is 12.1 Å². The predicted octanol–water partition coefficient (Wildman–Crippen LogP) is 3.47. The first-order valence-corrected chi connectivity index (χ1v) is 7.06. The predicted molar refractivity (Wildman–Crippen MR) is 78.7 cm³/mol. The summed E-state index contributed by atoms with van der Waals surface area (Å²) in [5.74, 6) is -2.56. The first-order chi connectivity index (χ1) is 10.8. The SMILES string of the molecule is O=C(NCc1ccccc1NC(=O)C(F)(F)F)c1ccc(Br)o1. The molecule has 2 rings (SSSR count). The molecule has 0 fully saturated rings. The van der Waals surface area contributed by atoms with Crippen LogP contribution in [0.3, 0.4) is 0 Å². The van der Waals surface area contributed by atoms with Gasteiger partial charge in [0.2, 0.25) is 0 Å². The molecular weight excluding hydrogens is 381 g/mol. The summed E-state index contributed by atoms with van der Waals surface area (Å²) in [5.41, 5.74) is 0.292. The molecule has 0 aliphatic rings. The summed E-state index contributed by atoms with van der Waals surface area (Å²) < 4.78 is 42.4. The van der Waals surface area contributed by atoms with Crippen molar-refractivity contribution in [3.63, 3.8) is 0 Å². The second kappa shape index (κ2) is 6.86. The maximum atomic E-state index is 12.3. The Hall–Kier alpha value is -2.29. The van der Waals surface area contributed by atoms with E-state index in [1.54, 1.807) is 11.4 Å². The van der Waals surface area contributed by atoms with Crippen LogP contribution in [0.5, 0.6) is 0 Å². The zero-order chi connectivity index (χ0) is 17.0. The number of rotatable bonds is 4. The Bertz CT molecular complexity index is 728. The van der Waals surface area contributed by atoms with Crippen molar-refractivity contribution in [1.29, 1.82) is 0 Å². The lowest BCUT2D eigenvalue weighted by Crippen LogP contribution is -2.31. The Morgan fingerprint density at radius 2 is 1.83 bits per heavy atom. The van der Waals surface area contributed by atoms with Crippen molar-refractivity contribution >= 4 is 33.4 Å². The largest absolute Gasteiger partial charge is 0.471 e. The van der Waals surface area contributed by atoms with Gasteiger partial charge in [-0.3, -0.25) is 9.59 Å². The van der Waals surface area contributed by atoms with Gasteiger partial charge in [0.15, 0.2) is 10.4 Å². The Morgan fingerprint density at radius 3 is 2.43 bits per heavy atom. The molecule has 23 heavy (non-hydrogen) atoms. The van der Waals surface area contributed by atoms with Crippen LogP contribution in [-0.2, 0) is 11.3 Å². The highest BCUT2D eigenvalue weighted by Crippen LogP contribution is 2.21. The molecule has 1 aromatic heterocycles. The molecule has 0 aliphatic carbocycles. The topological polar surface area (TPSA) is 71.3 Å². The number of anilines is 1. The number of hydrogen-bond donors (Lipinski definition) is 2. The monoisotopic (exact) mass is 390 g/mol. The summed E-state index contributed by atoms with van der Waals surface area (Å²) in [6, 6.07) is 8.83. The van der Waals surface area contributed by atoms with E-state index in [2.05, 4.69) is 21.2 Å². The van der Waals surface area contributed by atoms with Gasteiger partial charge in [0.1, 0.15) is 0 Å². The van der Waals surface area contributed by atoms with E-state index in [1.807, 2.05) is 0 Å². The molecule has 1 heterocycles. The summed E-state index contributed by atoms with van der Waals surface area (Å²) in [6.07, 6.45) is -4.99. The van der Waals surface area contributed by atoms with E-state index in [9.17, 15) is 22.8 Å². The van der Waals surface area contributed by atoms with Crippen LogP contribution >= 0.6 is 15.9 Å². The highest BCUT2D eigenvalue weighted by atomic mass is 79.9. The first kappa shape index (κ1) is 17.1. The van der Waals surface area contributed by atoms with Crippen LogP contribution in [0.1, 0.15) is 16.1 Å². The Balaban J connectivity index is 2.06. The van der Waals surface area contributed by atoms with Crippen LogP contribution in [0.4, 0.5) is 18.9 Å². The van der Waals surface area contributed by atoms with Crippen LogP contribution < -0.4 is 10.6 Å². The number of amides is 2. The molecule has 0 aliphatic heterocycles. The van der Waals surface area contributed by atoms with Crippen LogP contribution in [0, 0.1) is 0 Å². The summed E-state index contributed by atoms with van der Waals surface area (Å²) in [7, 11) is 0. The van der Waals surface area contributed by atoms with Gasteiger partial charge in [-0.05, 0) is 39.7 Å². The summed E-state index contributed by atoms with van der Waals surface area (Å²) in [6.45, 7) is -0.0779. The van der Waals surface area contributed by atoms with Gasteiger partial charge in [0, 0.05) is 12.2 Å². The fraction of sp³-hybridized carbons (Fsp3) is 0.143. The van der Waals surface area contributed by atoms with Crippen molar-refractivity contribution in [2.75, 3.05) is 5.32 Å². The van der Waals surface area contributed by atoms with Gasteiger partial charge in [-0.2, -0.15) is 13.2 Å². The van der Waals surface area contributed by atoms with Crippen molar-refractivity contribution in [3.8, 4) is 0 Å². The maximum absolute atomic E-state index is 12.3. The van der Waals surface area contributed by atoms with E-state index >= 15 is 0 Å². The molecule has 5 nitrogen and oxygen atoms in total. The van der Waals surface area contributed by atoms with Gasteiger partial charge in [0.25, 0.3) is 5.91 Å². The van der Waals surface area contributed by atoms with Crippen molar-refractivity contribution < 1.29 is 27.2 Å². The third kappa shape index (κ3) is 4.59. The highest BCUT2D eigenvalue weighted by Gasteiger charge is 2.38. The van der Waals surface area contributed by atoms with Crippen LogP contribution in [0.15, 0.2) is 45.5 Å². The molecule has 2 aromatic rings. The summed E-state index contributed by atoms with van der Waals surface area (Å²) in [4.78, 5) is 22.8. The van der Waals surface area contributed by atoms with Gasteiger partial charge in [-0.1, -0.05) is 18.2 Å². The number of carbonyl (C=O) groups excluding carboxylic acids is 2. The molecule has 9 heteroatoms. The average Bonchev–Trinajstić information content (AvgIpc) is 2.91. The lowest BCUT2D eigenvalue weighted by Gasteiger charge is -2.12. The second-order valence-electron chi connectivity index (χ2n) is 4.40. The fourth-order valence-corrected chi connectivity index (χ4v) is 2.00. The third-order valence-corrected chi connectivity index (χ3v) is 3.19. The number of carbonyl (C=O) groups is 2. The first-order valence-electron chi connectivity index (χ1n) is 6.27. The molecule has 2 N–H and O–H groups in total. The minimum atomic E-state index is -4.99. The zero-order valence-electron chi connectivity index (χ0n) is 11.4. The van der Waals surface area contributed by atoms with Crippen LogP contribution in [-0.4, -0.2) is 18.0 Å².